The molecular weight excluding hydrogens is 212 g/mol. The van der Waals surface area contributed by atoms with E-state index < -0.39 is 0 Å². The first-order valence-corrected chi connectivity index (χ1v) is 4.87. The lowest BCUT2D eigenvalue weighted by atomic mass is 10.2. The Hall–Kier alpha value is -1.61. The van der Waals surface area contributed by atoms with Gasteiger partial charge in [-0.1, -0.05) is 17.7 Å². The highest BCUT2D eigenvalue weighted by atomic mass is 35.5. The standard InChI is InChI=1S/C11H9ClN2O/c1-7-5-9(13-10(12)6-7)8-3-2-4-11(15)14-8/h2-6H,1H3,(H,14,15). The molecule has 0 aliphatic carbocycles. The molecule has 0 aliphatic heterocycles. The van der Waals surface area contributed by atoms with Crippen molar-refractivity contribution in [2.24, 2.45) is 0 Å². The van der Waals surface area contributed by atoms with Crippen molar-refractivity contribution in [3.8, 4) is 11.4 Å². The van der Waals surface area contributed by atoms with Gasteiger partial charge < -0.3 is 4.98 Å². The summed E-state index contributed by atoms with van der Waals surface area (Å²) in [7, 11) is 0. The van der Waals surface area contributed by atoms with Gasteiger partial charge in [0.1, 0.15) is 5.15 Å². The van der Waals surface area contributed by atoms with Crippen LogP contribution in [0.1, 0.15) is 5.56 Å². The second-order valence-electron chi connectivity index (χ2n) is 3.28. The van der Waals surface area contributed by atoms with E-state index >= 15 is 0 Å². The van der Waals surface area contributed by atoms with Gasteiger partial charge in [0, 0.05) is 6.07 Å². The number of aryl methyl sites for hydroxylation is 1. The fourth-order valence-electron chi connectivity index (χ4n) is 1.36. The van der Waals surface area contributed by atoms with E-state index in [0.717, 1.165) is 5.56 Å². The highest BCUT2D eigenvalue weighted by molar-refractivity contribution is 6.29. The molecule has 0 amide bonds. The molecule has 76 valence electrons. The molecule has 2 heterocycles. The van der Waals surface area contributed by atoms with E-state index in [2.05, 4.69) is 9.97 Å². The average molecular weight is 221 g/mol. The summed E-state index contributed by atoms with van der Waals surface area (Å²) in [6.07, 6.45) is 0. The number of hydrogen-bond donors (Lipinski definition) is 1. The number of hydrogen-bond acceptors (Lipinski definition) is 2. The van der Waals surface area contributed by atoms with Gasteiger partial charge in [-0.15, -0.1) is 0 Å². The van der Waals surface area contributed by atoms with Gasteiger partial charge in [0.05, 0.1) is 11.4 Å². The highest BCUT2D eigenvalue weighted by Gasteiger charge is 2.02. The summed E-state index contributed by atoms with van der Waals surface area (Å²) in [6.45, 7) is 1.93. The van der Waals surface area contributed by atoms with Crippen LogP contribution >= 0.6 is 11.6 Å². The van der Waals surface area contributed by atoms with Crippen LogP contribution in [0.2, 0.25) is 5.15 Å². The van der Waals surface area contributed by atoms with E-state index in [9.17, 15) is 4.79 Å². The van der Waals surface area contributed by atoms with E-state index in [1.807, 2.05) is 13.0 Å². The second kappa shape index (κ2) is 3.87. The van der Waals surface area contributed by atoms with Gasteiger partial charge in [-0.2, -0.15) is 0 Å². The Morgan fingerprint density at radius 2 is 2.13 bits per heavy atom. The minimum absolute atomic E-state index is 0.146. The normalized spacial score (nSPS) is 10.3. The third-order valence-electron chi connectivity index (χ3n) is 1.98. The molecule has 2 rings (SSSR count). The molecule has 3 nitrogen and oxygen atoms in total. The summed E-state index contributed by atoms with van der Waals surface area (Å²) in [6, 6.07) is 8.58. The number of nitrogens with zero attached hydrogens (tertiary/aromatic N) is 1. The molecule has 1 N–H and O–H groups in total. The van der Waals surface area contributed by atoms with Crippen LogP contribution in [0.25, 0.3) is 11.4 Å². The van der Waals surface area contributed by atoms with Crippen molar-refractivity contribution < 1.29 is 0 Å². The smallest absolute Gasteiger partial charge is 0.248 e. The zero-order valence-electron chi connectivity index (χ0n) is 8.12. The maximum Gasteiger partial charge on any atom is 0.248 e. The second-order valence-corrected chi connectivity index (χ2v) is 3.67. The average Bonchev–Trinajstić information content (AvgIpc) is 2.16. The lowest BCUT2D eigenvalue weighted by molar-refractivity contribution is 1.19. The van der Waals surface area contributed by atoms with Crippen molar-refractivity contribution in [3.63, 3.8) is 0 Å². The molecule has 2 aromatic rings. The Morgan fingerprint density at radius 1 is 1.33 bits per heavy atom. The molecule has 0 saturated carbocycles. The highest BCUT2D eigenvalue weighted by Crippen LogP contribution is 2.17. The summed E-state index contributed by atoms with van der Waals surface area (Å²) in [4.78, 5) is 18.0. The predicted molar refractivity (Wildman–Crippen MR) is 60.0 cm³/mol. The number of pyridine rings is 2. The van der Waals surface area contributed by atoms with Crippen molar-refractivity contribution >= 4 is 11.6 Å². The van der Waals surface area contributed by atoms with Gasteiger partial charge in [-0.3, -0.25) is 4.79 Å². The minimum Gasteiger partial charge on any atom is -0.321 e. The first-order valence-electron chi connectivity index (χ1n) is 4.49. The quantitative estimate of drug-likeness (QED) is 0.751. The van der Waals surface area contributed by atoms with Crippen LogP contribution in [0.4, 0.5) is 0 Å². The fraction of sp³-hybridized carbons (Fsp3) is 0.0909. The molecule has 0 aliphatic rings. The molecule has 0 aromatic carbocycles. The summed E-state index contributed by atoms with van der Waals surface area (Å²) >= 11 is 5.84. The lowest BCUT2D eigenvalue weighted by Crippen LogP contribution is -2.04. The van der Waals surface area contributed by atoms with Crippen LogP contribution in [-0.2, 0) is 0 Å². The third-order valence-corrected chi connectivity index (χ3v) is 2.18. The van der Waals surface area contributed by atoms with Gasteiger partial charge in [0.15, 0.2) is 0 Å². The minimum atomic E-state index is -0.146. The molecule has 0 radical (unpaired) electrons. The van der Waals surface area contributed by atoms with E-state index in [4.69, 9.17) is 11.6 Å². The Balaban J connectivity index is 2.58. The van der Waals surface area contributed by atoms with E-state index in [1.165, 1.54) is 6.07 Å². The number of nitrogens with one attached hydrogen (secondary N) is 1. The van der Waals surface area contributed by atoms with Crippen molar-refractivity contribution in [2.75, 3.05) is 0 Å². The van der Waals surface area contributed by atoms with Crippen LogP contribution in [0.5, 0.6) is 0 Å². The van der Waals surface area contributed by atoms with Crippen molar-refractivity contribution in [2.45, 2.75) is 6.92 Å². The van der Waals surface area contributed by atoms with Gasteiger partial charge in [0.2, 0.25) is 5.56 Å². The number of halogens is 1. The van der Waals surface area contributed by atoms with Crippen LogP contribution < -0.4 is 5.56 Å². The van der Waals surface area contributed by atoms with E-state index in [0.29, 0.717) is 16.5 Å². The number of H-pyrrole nitrogens is 1. The monoisotopic (exact) mass is 220 g/mol. The first kappa shape index (κ1) is 9.93. The molecule has 0 fully saturated rings. The van der Waals surface area contributed by atoms with Gasteiger partial charge in [0.25, 0.3) is 0 Å². The zero-order chi connectivity index (χ0) is 10.8. The predicted octanol–water partition coefficient (Wildman–Crippen LogP) is 2.40. The topological polar surface area (TPSA) is 45.8 Å². The molecule has 0 bridgehead atoms. The summed E-state index contributed by atoms with van der Waals surface area (Å²) in [5.41, 5.74) is 2.22. The molecule has 0 atom stereocenters. The Kier molecular flexibility index (Phi) is 2.56. The number of rotatable bonds is 1. The van der Waals surface area contributed by atoms with Crippen LogP contribution in [-0.4, -0.2) is 9.97 Å². The van der Waals surface area contributed by atoms with Crippen molar-refractivity contribution in [3.05, 3.63) is 51.4 Å². The summed E-state index contributed by atoms with van der Waals surface area (Å²) < 4.78 is 0. The van der Waals surface area contributed by atoms with Gasteiger partial charge in [-0.05, 0) is 30.7 Å². The zero-order valence-corrected chi connectivity index (χ0v) is 8.88. The van der Waals surface area contributed by atoms with E-state index in [-0.39, 0.29) is 5.56 Å². The SMILES string of the molecule is Cc1cc(Cl)nc(-c2cccc(=O)[nH]2)c1. The number of aromatic amines is 1. The summed E-state index contributed by atoms with van der Waals surface area (Å²) in [5, 5.41) is 0.426. The van der Waals surface area contributed by atoms with Crippen LogP contribution in [0, 0.1) is 6.92 Å². The Labute approximate surface area is 91.8 Å². The molecule has 4 heteroatoms. The molecule has 0 spiro atoms. The van der Waals surface area contributed by atoms with Gasteiger partial charge in [-0.25, -0.2) is 4.98 Å². The third kappa shape index (κ3) is 2.25. The maximum absolute atomic E-state index is 11.1. The molecular formula is C11H9ClN2O. The van der Waals surface area contributed by atoms with E-state index in [1.54, 1.807) is 18.2 Å². The van der Waals surface area contributed by atoms with Crippen molar-refractivity contribution in [1.29, 1.82) is 0 Å². The van der Waals surface area contributed by atoms with Gasteiger partial charge >= 0.3 is 0 Å². The fourth-order valence-corrected chi connectivity index (χ4v) is 1.62. The number of aromatic nitrogens is 2. The largest absolute Gasteiger partial charge is 0.321 e. The molecule has 0 unspecified atom stereocenters. The molecule has 2 aromatic heterocycles. The molecule has 15 heavy (non-hydrogen) atoms. The maximum atomic E-state index is 11.1. The summed E-state index contributed by atoms with van der Waals surface area (Å²) in [5.74, 6) is 0. The van der Waals surface area contributed by atoms with Crippen LogP contribution in [0.3, 0.4) is 0 Å². The molecule has 0 saturated heterocycles. The first-order chi connectivity index (χ1) is 7.15. The Bertz CT molecular complexity index is 528. The van der Waals surface area contributed by atoms with Crippen molar-refractivity contribution in [1.82, 2.24) is 9.97 Å². The lowest BCUT2D eigenvalue weighted by Gasteiger charge is -2.02. The Morgan fingerprint density at radius 3 is 2.80 bits per heavy atom. The van der Waals surface area contributed by atoms with Crippen LogP contribution in [0.15, 0.2) is 35.1 Å².